The summed E-state index contributed by atoms with van der Waals surface area (Å²) in [6.45, 7) is 4.30. The van der Waals surface area contributed by atoms with Crippen LogP contribution in [0.4, 0.5) is 0 Å². The van der Waals surface area contributed by atoms with Gasteiger partial charge in [-0.05, 0) is 26.0 Å². The molecule has 0 aliphatic heterocycles. The zero-order valence-corrected chi connectivity index (χ0v) is 7.10. The van der Waals surface area contributed by atoms with Crippen molar-refractivity contribution >= 4 is 11.6 Å². The zero-order valence-electron chi connectivity index (χ0n) is 6.34. The van der Waals surface area contributed by atoms with E-state index in [1.807, 2.05) is 12.1 Å². The highest BCUT2D eigenvalue weighted by Crippen LogP contribution is 2.11. The van der Waals surface area contributed by atoms with Gasteiger partial charge in [-0.25, -0.2) is 0 Å². The van der Waals surface area contributed by atoms with Gasteiger partial charge in [0, 0.05) is 17.9 Å². The number of hydrogen-bond acceptors (Lipinski definition) is 0. The van der Waals surface area contributed by atoms with Crippen LogP contribution in [0.3, 0.4) is 0 Å². The van der Waals surface area contributed by atoms with Crippen molar-refractivity contribution < 1.29 is 0 Å². The van der Waals surface area contributed by atoms with E-state index in [1.54, 1.807) is 0 Å². The average molecular weight is 158 g/mol. The number of halogens is 1. The minimum absolute atomic E-state index is 0.517. The van der Waals surface area contributed by atoms with Crippen LogP contribution in [-0.2, 0) is 5.88 Å². The smallest absolute Gasteiger partial charge is 0.0627 e. The Morgan fingerprint density at radius 2 is 2.30 bits per heavy atom. The van der Waals surface area contributed by atoms with E-state index >= 15 is 0 Å². The van der Waals surface area contributed by atoms with Gasteiger partial charge in [0.05, 0.1) is 5.88 Å². The molecule has 0 saturated carbocycles. The van der Waals surface area contributed by atoms with E-state index in [0.29, 0.717) is 11.9 Å². The van der Waals surface area contributed by atoms with E-state index in [1.165, 1.54) is 5.69 Å². The standard InChI is InChI=1S/C8H12ClN/c1-7(2)10-5-3-4-8(10)6-9/h3-5,7H,6H2,1-2H3. The van der Waals surface area contributed by atoms with Gasteiger partial charge in [0.25, 0.3) is 0 Å². The van der Waals surface area contributed by atoms with E-state index in [4.69, 9.17) is 11.6 Å². The summed E-state index contributed by atoms with van der Waals surface area (Å²) in [5.74, 6) is 0.602. The molecular weight excluding hydrogens is 146 g/mol. The van der Waals surface area contributed by atoms with Crippen LogP contribution in [-0.4, -0.2) is 4.57 Å². The van der Waals surface area contributed by atoms with E-state index in [-0.39, 0.29) is 0 Å². The van der Waals surface area contributed by atoms with Crippen LogP contribution >= 0.6 is 11.6 Å². The minimum Gasteiger partial charge on any atom is -0.348 e. The maximum absolute atomic E-state index is 5.70. The molecule has 0 fully saturated rings. The van der Waals surface area contributed by atoms with Gasteiger partial charge in [-0.3, -0.25) is 0 Å². The van der Waals surface area contributed by atoms with Crippen LogP contribution in [0.25, 0.3) is 0 Å². The first-order valence-electron chi connectivity index (χ1n) is 3.47. The molecule has 1 heterocycles. The molecule has 1 aromatic rings. The van der Waals surface area contributed by atoms with Crippen molar-refractivity contribution in [3.63, 3.8) is 0 Å². The van der Waals surface area contributed by atoms with Crippen molar-refractivity contribution in [3.05, 3.63) is 24.0 Å². The van der Waals surface area contributed by atoms with Gasteiger partial charge in [-0.15, -0.1) is 11.6 Å². The molecule has 10 heavy (non-hydrogen) atoms. The van der Waals surface area contributed by atoms with Crippen LogP contribution in [0, 0.1) is 0 Å². The predicted molar refractivity (Wildman–Crippen MR) is 44.4 cm³/mol. The molecule has 0 N–H and O–H groups in total. The lowest BCUT2D eigenvalue weighted by Crippen LogP contribution is -2.01. The third-order valence-corrected chi connectivity index (χ3v) is 1.83. The minimum atomic E-state index is 0.517. The first-order valence-corrected chi connectivity index (χ1v) is 4.01. The molecule has 0 aromatic carbocycles. The second-order valence-electron chi connectivity index (χ2n) is 2.63. The van der Waals surface area contributed by atoms with Gasteiger partial charge in [0.15, 0.2) is 0 Å². The van der Waals surface area contributed by atoms with Crippen molar-refractivity contribution in [1.29, 1.82) is 0 Å². The maximum Gasteiger partial charge on any atom is 0.0627 e. The number of alkyl halides is 1. The van der Waals surface area contributed by atoms with Crippen LogP contribution < -0.4 is 0 Å². The summed E-state index contributed by atoms with van der Waals surface area (Å²) in [7, 11) is 0. The number of rotatable bonds is 2. The van der Waals surface area contributed by atoms with Gasteiger partial charge in [-0.2, -0.15) is 0 Å². The van der Waals surface area contributed by atoms with E-state index in [9.17, 15) is 0 Å². The molecular formula is C8H12ClN. The van der Waals surface area contributed by atoms with Gasteiger partial charge in [0.2, 0.25) is 0 Å². The van der Waals surface area contributed by atoms with Crippen molar-refractivity contribution in [3.8, 4) is 0 Å². The topological polar surface area (TPSA) is 4.93 Å². The number of hydrogen-bond donors (Lipinski definition) is 0. The Morgan fingerprint density at radius 3 is 2.70 bits per heavy atom. The SMILES string of the molecule is CC(C)n1cccc1CCl. The Morgan fingerprint density at radius 1 is 1.60 bits per heavy atom. The third kappa shape index (κ3) is 1.35. The predicted octanol–water partition coefficient (Wildman–Crippen LogP) is 2.81. The van der Waals surface area contributed by atoms with Crippen LogP contribution in [0.2, 0.25) is 0 Å². The molecule has 0 unspecified atom stereocenters. The lowest BCUT2D eigenvalue weighted by atomic mass is 10.4. The first kappa shape index (κ1) is 7.67. The Hall–Kier alpha value is -0.430. The molecule has 0 aliphatic rings. The fourth-order valence-corrected chi connectivity index (χ4v) is 1.27. The molecule has 1 aromatic heterocycles. The second kappa shape index (κ2) is 3.11. The molecule has 0 atom stereocenters. The fourth-order valence-electron chi connectivity index (χ4n) is 1.05. The quantitative estimate of drug-likeness (QED) is 0.582. The summed E-state index contributed by atoms with van der Waals surface area (Å²) in [5.41, 5.74) is 1.19. The second-order valence-corrected chi connectivity index (χ2v) is 2.90. The van der Waals surface area contributed by atoms with E-state index < -0.39 is 0 Å². The lowest BCUT2D eigenvalue weighted by molar-refractivity contribution is 0.586. The summed E-state index contributed by atoms with van der Waals surface area (Å²) in [5, 5.41) is 0. The Labute approximate surface area is 66.6 Å². The Bertz CT molecular complexity index is 203. The number of aromatic nitrogens is 1. The normalized spacial score (nSPS) is 10.8. The highest BCUT2D eigenvalue weighted by Gasteiger charge is 2.00. The molecule has 2 heteroatoms. The summed E-state index contributed by atoms with van der Waals surface area (Å²) in [6, 6.07) is 4.59. The van der Waals surface area contributed by atoms with Gasteiger partial charge >= 0.3 is 0 Å². The molecule has 0 amide bonds. The van der Waals surface area contributed by atoms with Crippen LogP contribution in [0.5, 0.6) is 0 Å². The summed E-state index contributed by atoms with van der Waals surface area (Å²) in [6.07, 6.45) is 2.06. The Balaban J connectivity index is 2.90. The highest BCUT2D eigenvalue weighted by molar-refractivity contribution is 6.16. The summed E-state index contributed by atoms with van der Waals surface area (Å²) in [4.78, 5) is 0. The zero-order chi connectivity index (χ0) is 7.56. The average Bonchev–Trinajstić information content (AvgIpc) is 2.33. The van der Waals surface area contributed by atoms with Gasteiger partial charge in [-0.1, -0.05) is 0 Å². The first-order chi connectivity index (χ1) is 4.75. The van der Waals surface area contributed by atoms with Crippen LogP contribution in [0.15, 0.2) is 18.3 Å². The molecule has 1 rings (SSSR count). The third-order valence-electron chi connectivity index (χ3n) is 1.56. The van der Waals surface area contributed by atoms with Crippen LogP contribution in [0.1, 0.15) is 25.6 Å². The molecule has 0 radical (unpaired) electrons. The highest BCUT2D eigenvalue weighted by atomic mass is 35.5. The van der Waals surface area contributed by atoms with Gasteiger partial charge < -0.3 is 4.57 Å². The molecule has 0 bridgehead atoms. The Kier molecular flexibility index (Phi) is 2.39. The molecule has 0 saturated heterocycles. The van der Waals surface area contributed by atoms with Crippen molar-refractivity contribution in [1.82, 2.24) is 4.57 Å². The summed E-state index contributed by atoms with van der Waals surface area (Å²) >= 11 is 5.70. The monoisotopic (exact) mass is 157 g/mol. The molecule has 1 nitrogen and oxygen atoms in total. The maximum atomic E-state index is 5.70. The van der Waals surface area contributed by atoms with Crippen molar-refractivity contribution in [2.75, 3.05) is 0 Å². The van der Waals surface area contributed by atoms with Gasteiger partial charge in [0.1, 0.15) is 0 Å². The molecule has 0 aliphatic carbocycles. The number of nitrogens with zero attached hydrogens (tertiary/aromatic N) is 1. The summed E-state index contributed by atoms with van der Waals surface area (Å²) < 4.78 is 2.17. The van der Waals surface area contributed by atoms with E-state index in [2.05, 4.69) is 24.6 Å². The van der Waals surface area contributed by atoms with Crippen molar-refractivity contribution in [2.24, 2.45) is 0 Å². The molecule has 56 valence electrons. The largest absolute Gasteiger partial charge is 0.348 e. The lowest BCUT2D eigenvalue weighted by Gasteiger charge is -2.10. The molecule has 0 spiro atoms. The fraction of sp³-hybridized carbons (Fsp3) is 0.500. The van der Waals surface area contributed by atoms with Crippen molar-refractivity contribution in [2.45, 2.75) is 25.8 Å². The van der Waals surface area contributed by atoms with E-state index in [0.717, 1.165) is 0 Å².